The van der Waals surface area contributed by atoms with Crippen molar-refractivity contribution in [3.63, 3.8) is 0 Å². The maximum absolute atomic E-state index is 13.2. The second-order valence-electron chi connectivity index (χ2n) is 7.96. The second-order valence-corrected chi connectivity index (χ2v) is 7.96. The Labute approximate surface area is 142 Å². The first-order valence-corrected chi connectivity index (χ1v) is 8.75. The molecule has 0 radical (unpaired) electrons. The number of aryl methyl sites for hydroxylation is 2. The number of carbonyl (C=O) groups excluding carboxylic acids is 1. The standard InChI is InChI=1S/C18H25N5O/c1-18(2)11-23(10-15(18)13-8-20-22(3)9-13)17(24)14-6-4-5-12-7-19-21-16(12)14/h7-9,14-15H,4-6,10-11H2,1-3H3,(H,19,21). The van der Waals surface area contributed by atoms with Gasteiger partial charge in [0.2, 0.25) is 5.91 Å². The van der Waals surface area contributed by atoms with E-state index in [-0.39, 0.29) is 17.2 Å². The number of hydrogen-bond acceptors (Lipinski definition) is 3. The normalized spacial score (nSPS) is 25.7. The van der Waals surface area contributed by atoms with Gasteiger partial charge in [-0.1, -0.05) is 13.8 Å². The van der Waals surface area contributed by atoms with E-state index in [0.717, 1.165) is 38.0 Å². The fourth-order valence-corrected chi connectivity index (χ4v) is 4.41. The maximum Gasteiger partial charge on any atom is 0.231 e. The lowest BCUT2D eigenvalue weighted by molar-refractivity contribution is -0.132. The van der Waals surface area contributed by atoms with Crippen molar-refractivity contribution in [2.24, 2.45) is 12.5 Å². The maximum atomic E-state index is 13.2. The minimum absolute atomic E-state index is 0.0558. The zero-order valence-corrected chi connectivity index (χ0v) is 14.6. The van der Waals surface area contributed by atoms with E-state index in [1.165, 1.54) is 11.1 Å². The molecule has 4 rings (SSSR count). The molecule has 128 valence electrons. The lowest BCUT2D eigenvalue weighted by Gasteiger charge is -2.27. The molecule has 1 aliphatic carbocycles. The van der Waals surface area contributed by atoms with Crippen molar-refractivity contribution < 1.29 is 4.79 Å². The van der Waals surface area contributed by atoms with E-state index in [2.05, 4.69) is 40.2 Å². The molecule has 2 unspecified atom stereocenters. The SMILES string of the molecule is Cn1cc(C2CN(C(=O)C3CCCc4cn[nH]c43)CC2(C)C)cn1. The van der Waals surface area contributed by atoms with Gasteiger partial charge in [0, 0.05) is 32.3 Å². The molecular formula is C18H25N5O. The zero-order valence-electron chi connectivity index (χ0n) is 14.6. The fraction of sp³-hybridized carbons (Fsp3) is 0.611. The van der Waals surface area contributed by atoms with Gasteiger partial charge in [0.05, 0.1) is 24.0 Å². The van der Waals surface area contributed by atoms with E-state index < -0.39 is 0 Å². The van der Waals surface area contributed by atoms with Crippen LogP contribution in [0.15, 0.2) is 18.6 Å². The third-order valence-corrected chi connectivity index (χ3v) is 5.72. The third kappa shape index (κ3) is 2.44. The first kappa shape index (κ1) is 15.4. The number of amides is 1. The van der Waals surface area contributed by atoms with Gasteiger partial charge in [-0.2, -0.15) is 10.2 Å². The highest BCUT2D eigenvalue weighted by atomic mass is 16.2. The van der Waals surface area contributed by atoms with Gasteiger partial charge in [0.15, 0.2) is 0 Å². The molecule has 24 heavy (non-hydrogen) atoms. The van der Waals surface area contributed by atoms with E-state index >= 15 is 0 Å². The highest BCUT2D eigenvalue weighted by Crippen LogP contribution is 2.43. The highest BCUT2D eigenvalue weighted by molar-refractivity contribution is 5.84. The van der Waals surface area contributed by atoms with Crippen LogP contribution < -0.4 is 0 Å². The summed E-state index contributed by atoms with van der Waals surface area (Å²) in [5.74, 6) is 0.527. The molecule has 2 aliphatic rings. The van der Waals surface area contributed by atoms with Crippen LogP contribution >= 0.6 is 0 Å². The van der Waals surface area contributed by atoms with Gasteiger partial charge < -0.3 is 4.90 Å². The number of hydrogen-bond donors (Lipinski definition) is 1. The molecule has 0 bridgehead atoms. The number of fused-ring (bicyclic) bond motifs is 1. The predicted octanol–water partition coefficient (Wildman–Crippen LogP) is 2.22. The molecule has 1 aliphatic heterocycles. The van der Waals surface area contributed by atoms with Crippen molar-refractivity contribution in [1.82, 2.24) is 24.9 Å². The molecule has 6 nitrogen and oxygen atoms in total. The lowest BCUT2D eigenvalue weighted by Crippen LogP contribution is -2.35. The van der Waals surface area contributed by atoms with Crippen LogP contribution in [0, 0.1) is 5.41 Å². The molecule has 6 heteroatoms. The Balaban J connectivity index is 1.57. The molecule has 0 saturated carbocycles. The summed E-state index contributed by atoms with van der Waals surface area (Å²) in [7, 11) is 1.94. The van der Waals surface area contributed by atoms with Gasteiger partial charge in [-0.3, -0.25) is 14.6 Å². The third-order valence-electron chi connectivity index (χ3n) is 5.72. The average molecular weight is 327 g/mol. The minimum atomic E-state index is -0.0558. The Morgan fingerprint density at radius 1 is 1.38 bits per heavy atom. The van der Waals surface area contributed by atoms with E-state index in [0.29, 0.717) is 5.92 Å². The summed E-state index contributed by atoms with van der Waals surface area (Å²) in [6.45, 7) is 6.07. The van der Waals surface area contributed by atoms with Crippen LogP contribution in [-0.2, 0) is 18.3 Å². The van der Waals surface area contributed by atoms with Crippen molar-refractivity contribution in [3.8, 4) is 0 Å². The van der Waals surface area contributed by atoms with E-state index in [1.807, 2.05) is 24.1 Å². The summed E-state index contributed by atoms with van der Waals surface area (Å²) < 4.78 is 1.84. The van der Waals surface area contributed by atoms with Crippen molar-refractivity contribution in [1.29, 1.82) is 0 Å². The molecule has 1 amide bonds. The van der Waals surface area contributed by atoms with Crippen LogP contribution in [-0.4, -0.2) is 43.9 Å². The van der Waals surface area contributed by atoms with Gasteiger partial charge in [0.1, 0.15) is 0 Å². The van der Waals surface area contributed by atoms with Gasteiger partial charge in [-0.25, -0.2) is 0 Å². The molecule has 1 fully saturated rings. The van der Waals surface area contributed by atoms with Crippen LogP contribution in [0.3, 0.4) is 0 Å². The fourth-order valence-electron chi connectivity index (χ4n) is 4.41. The number of carbonyl (C=O) groups is 1. The van der Waals surface area contributed by atoms with E-state index in [9.17, 15) is 4.79 Å². The van der Waals surface area contributed by atoms with Crippen LogP contribution in [0.4, 0.5) is 0 Å². The summed E-state index contributed by atoms with van der Waals surface area (Å²) in [5.41, 5.74) is 3.53. The lowest BCUT2D eigenvalue weighted by atomic mass is 9.79. The van der Waals surface area contributed by atoms with Crippen LogP contribution in [0.25, 0.3) is 0 Å². The molecule has 3 heterocycles. The number of aromatic nitrogens is 4. The Kier molecular flexibility index (Phi) is 3.51. The molecule has 0 spiro atoms. The number of rotatable bonds is 2. The van der Waals surface area contributed by atoms with Gasteiger partial charge in [-0.05, 0) is 35.8 Å². The van der Waals surface area contributed by atoms with Crippen LogP contribution in [0.1, 0.15) is 55.3 Å². The molecule has 0 aromatic carbocycles. The summed E-state index contributed by atoms with van der Waals surface area (Å²) in [5, 5.41) is 11.5. The topological polar surface area (TPSA) is 66.8 Å². The first-order chi connectivity index (χ1) is 11.5. The molecular weight excluding hydrogens is 302 g/mol. The smallest absolute Gasteiger partial charge is 0.231 e. The Morgan fingerprint density at radius 2 is 2.21 bits per heavy atom. The summed E-state index contributed by atoms with van der Waals surface area (Å²) in [6, 6.07) is 0. The number of nitrogens with one attached hydrogen (secondary N) is 1. The predicted molar refractivity (Wildman–Crippen MR) is 90.6 cm³/mol. The molecule has 2 aromatic heterocycles. The molecule has 1 saturated heterocycles. The Hall–Kier alpha value is -2.11. The van der Waals surface area contributed by atoms with E-state index in [4.69, 9.17) is 0 Å². The second kappa shape index (κ2) is 5.46. The van der Waals surface area contributed by atoms with Crippen molar-refractivity contribution in [3.05, 3.63) is 35.4 Å². The summed E-state index contributed by atoms with van der Waals surface area (Å²) >= 11 is 0. The average Bonchev–Trinajstić information content (AvgIpc) is 3.24. The number of H-pyrrole nitrogens is 1. The number of likely N-dealkylation sites (tertiary alicyclic amines) is 1. The number of nitrogens with zero attached hydrogens (tertiary/aromatic N) is 4. The molecule has 2 aromatic rings. The monoisotopic (exact) mass is 327 g/mol. The Morgan fingerprint density at radius 3 is 2.96 bits per heavy atom. The number of aromatic amines is 1. The largest absolute Gasteiger partial charge is 0.341 e. The highest BCUT2D eigenvalue weighted by Gasteiger charge is 2.44. The summed E-state index contributed by atoms with van der Waals surface area (Å²) in [6.07, 6.45) is 8.90. The molecule has 1 N–H and O–H groups in total. The zero-order chi connectivity index (χ0) is 16.9. The van der Waals surface area contributed by atoms with Crippen molar-refractivity contribution in [2.75, 3.05) is 13.1 Å². The molecule has 2 atom stereocenters. The van der Waals surface area contributed by atoms with Crippen LogP contribution in [0.2, 0.25) is 0 Å². The van der Waals surface area contributed by atoms with E-state index in [1.54, 1.807) is 0 Å². The first-order valence-electron chi connectivity index (χ1n) is 8.75. The quantitative estimate of drug-likeness (QED) is 0.919. The summed E-state index contributed by atoms with van der Waals surface area (Å²) in [4.78, 5) is 15.2. The Bertz CT molecular complexity index is 759. The van der Waals surface area contributed by atoms with Crippen molar-refractivity contribution in [2.45, 2.75) is 44.9 Å². The van der Waals surface area contributed by atoms with Gasteiger partial charge >= 0.3 is 0 Å². The minimum Gasteiger partial charge on any atom is -0.341 e. The van der Waals surface area contributed by atoms with Crippen LogP contribution in [0.5, 0.6) is 0 Å². The van der Waals surface area contributed by atoms with Gasteiger partial charge in [0.25, 0.3) is 0 Å². The van der Waals surface area contributed by atoms with Crippen molar-refractivity contribution >= 4 is 5.91 Å². The van der Waals surface area contributed by atoms with Gasteiger partial charge in [-0.15, -0.1) is 0 Å².